The molecule has 0 fully saturated rings. The number of rotatable bonds is 3. The van der Waals surface area contributed by atoms with Gasteiger partial charge in [0.15, 0.2) is 6.61 Å². The maximum Gasteiger partial charge on any atom is 0.303 e. The SMILES string of the molecule is CC(=O)OCc1nc2ccc(C)c(C)c2c(=Nc2ccccc2)o1. The van der Waals surface area contributed by atoms with Crippen molar-refractivity contribution < 1.29 is 13.9 Å². The van der Waals surface area contributed by atoms with Crippen molar-refractivity contribution in [3.63, 3.8) is 0 Å². The van der Waals surface area contributed by atoms with Crippen LogP contribution in [-0.2, 0) is 16.1 Å². The molecule has 2 aromatic carbocycles. The van der Waals surface area contributed by atoms with E-state index in [4.69, 9.17) is 9.15 Å². The van der Waals surface area contributed by atoms with Crippen LogP contribution < -0.4 is 5.55 Å². The van der Waals surface area contributed by atoms with E-state index in [2.05, 4.69) is 9.98 Å². The fourth-order valence-electron chi connectivity index (χ4n) is 2.41. The summed E-state index contributed by atoms with van der Waals surface area (Å²) < 4.78 is 10.8. The van der Waals surface area contributed by atoms with Gasteiger partial charge >= 0.3 is 5.97 Å². The monoisotopic (exact) mass is 322 g/mol. The number of hydrogen-bond donors (Lipinski definition) is 0. The maximum atomic E-state index is 11.0. The average molecular weight is 322 g/mol. The number of carbonyl (C=O) groups excluding carboxylic acids is 1. The molecule has 3 rings (SSSR count). The lowest BCUT2D eigenvalue weighted by molar-refractivity contribution is -0.142. The summed E-state index contributed by atoms with van der Waals surface area (Å²) >= 11 is 0. The maximum absolute atomic E-state index is 11.0. The van der Waals surface area contributed by atoms with Gasteiger partial charge in [-0.15, -0.1) is 0 Å². The molecule has 0 unspecified atom stereocenters. The summed E-state index contributed by atoms with van der Waals surface area (Å²) in [6, 6.07) is 13.5. The largest absolute Gasteiger partial charge is 0.456 e. The van der Waals surface area contributed by atoms with Crippen LogP contribution in [0, 0.1) is 13.8 Å². The molecule has 0 radical (unpaired) electrons. The zero-order valence-electron chi connectivity index (χ0n) is 13.9. The molecule has 0 saturated heterocycles. The van der Waals surface area contributed by atoms with Gasteiger partial charge in [0.2, 0.25) is 11.4 Å². The van der Waals surface area contributed by atoms with E-state index in [1.165, 1.54) is 6.92 Å². The van der Waals surface area contributed by atoms with Crippen LogP contribution in [0.25, 0.3) is 10.9 Å². The normalized spacial score (nSPS) is 11.7. The van der Waals surface area contributed by atoms with E-state index in [0.717, 1.165) is 27.7 Å². The lowest BCUT2D eigenvalue weighted by Crippen LogP contribution is -2.11. The quantitative estimate of drug-likeness (QED) is 0.689. The third-order valence-corrected chi connectivity index (χ3v) is 3.77. The number of nitrogens with zero attached hydrogens (tertiary/aromatic N) is 2. The number of aromatic nitrogens is 1. The van der Waals surface area contributed by atoms with Crippen LogP contribution in [0.2, 0.25) is 0 Å². The summed E-state index contributed by atoms with van der Waals surface area (Å²) in [5, 5.41) is 0.866. The van der Waals surface area contributed by atoms with E-state index in [-0.39, 0.29) is 12.6 Å². The molecule has 3 aromatic rings. The van der Waals surface area contributed by atoms with Gasteiger partial charge in [-0.05, 0) is 43.2 Å². The van der Waals surface area contributed by atoms with Gasteiger partial charge in [-0.25, -0.2) is 9.98 Å². The zero-order chi connectivity index (χ0) is 17.1. The van der Waals surface area contributed by atoms with Crippen molar-refractivity contribution in [3.05, 3.63) is 65.0 Å². The predicted octanol–water partition coefficient (Wildman–Crippen LogP) is 3.74. The summed E-state index contributed by atoms with van der Waals surface area (Å²) in [6.45, 7) is 5.39. The van der Waals surface area contributed by atoms with E-state index in [1.807, 2.05) is 56.3 Å². The Morgan fingerprint density at radius 1 is 1.17 bits per heavy atom. The van der Waals surface area contributed by atoms with Gasteiger partial charge in [0, 0.05) is 6.92 Å². The van der Waals surface area contributed by atoms with Crippen molar-refractivity contribution in [1.29, 1.82) is 0 Å². The van der Waals surface area contributed by atoms with Crippen molar-refractivity contribution in [2.75, 3.05) is 0 Å². The lowest BCUT2D eigenvalue weighted by atomic mass is 10.1. The molecule has 24 heavy (non-hydrogen) atoms. The molecule has 0 N–H and O–H groups in total. The Kier molecular flexibility index (Phi) is 4.42. The molecule has 0 aliphatic carbocycles. The first-order valence-corrected chi connectivity index (χ1v) is 7.67. The Hall–Kier alpha value is -2.95. The van der Waals surface area contributed by atoms with Gasteiger partial charge in [0.05, 0.1) is 16.6 Å². The third kappa shape index (κ3) is 3.35. The number of para-hydroxylation sites is 1. The Balaban J connectivity index is 2.25. The summed E-state index contributed by atoms with van der Waals surface area (Å²) in [6.07, 6.45) is 0. The molecule has 0 amide bonds. The summed E-state index contributed by atoms with van der Waals surface area (Å²) in [4.78, 5) is 20.1. The topological polar surface area (TPSA) is 64.7 Å². The number of hydrogen-bond acceptors (Lipinski definition) is 5. The molecule has 0 bridgehead atoms. The Morgan fingerprint density at radius 2 is 1.92 bits per heavy atom. The number of carbonyl (C=O) groups is 1. The average Bonchev–Trinajstić information content (AvgIpc) is 2.57. The van der Waals surface area contributed by atoms with Crippen LogP contribution >= 0.6 is 0 Å². The molecule has 0 spiro atoms. The molecule has 1 heterocycles. The van der Waals surface area contributed by atoms with E-state index >= 15 is 0 Å². The highest BCUT2D eigenvalue weighted by Gasteiger charge is 2.10. The lowest BCUT2D eigenvalue weighted by Gasteiger charge is -2.08. The smallest absolute Gasteiger partial charge is 0.303 e. The predicted molar refractivity (Wildman–Crippen MR) is 90.6 cm³/mol. The van der Waals surface area contributed by atoms with Crippen molar-refractivity contribution >= 4 is 22.6 Å². The minimum absolute atomic E-state index is 0.0183. The van der Waals surface area contributed by atoms with Gasteiger partial charge < -0.3 is 9.15 Å². The van der Waals surface area contributed by atoms with E-state index in [1.54, 1.807) is 0 Å². The Labute approximate surface area is 139 Å². The molecule has 5 heteroatoms. The first-order chi connectivity index (χ1) is 11.5. The highest BCUT2D eigenvalue weighted by molar-refractivity contribution is 5.81. The Morgan fingerprint density at radius 3 is 2.62 bits per heavy atom. The third-order valence-electron chi connectivity index (χ3n) is 3.77. The van der Waals surface area contributed by atoms with Crippen LogP contribution in [0.5, 0.6) is 0 Å². The van der Waals surface area contributed by atoms with Crippen LogP contribution in [-0.4, -0.2) is 11.0 Å². The molecule has 1 aromatic heterocycles. The zero-order valence-corrected chi connectivity index (χ0v) is 13.9. The van der Waals surface area contributed by atoms with Gasteiger partial charge in [0.1, 0.15) is 0 Å². The minimum Gasteiger partial charge on any atom is -0.456 e. The van der Waals surface area contributed by atoms with E-state index < -0.39 is 0 Å². The van der Waals surface area contributed by atoms with Crippen LogP contribution in [0.15, 0.2) is 51.9 Å². The minimum atomic E-state index is -0.381. The molecule has 0 atom stereocenters. The number of benzene rings is 2. The van der Waals surface area contributed by atoms with Crippen LogP contribution in [0.4, 0.5) is 5.69 Å². The van der Waals surface area contributed by atoms with Gasteiger partial charge in [0.25, 0.3) is 0 Å². The molecule has 0 aliphatic heterocycles. The second-order valence-electron chi connectivity index (χ2n) is 5.54. The van der Waals surface area contributed by atoms with Gasteiger partial charge in [-0.3, -0.25) is 4.79 Å². The fourth-order valence-corrected chi connectivity index (χ4v) is 2.41. The summed E-state index contributed by atoms with van der Waals surface area (Å²) in [5.41, 5.74) is 4.22. The van der Waals surface area contributed by atoms with Crippen LogP contribution in [0.3, 0.4) is 0 Å². The number of fused-ring (bicyclic) bond motifs is 1. The number of aryl methyl sites for hydroxylation is 2. The molecule has 0 aliphatic rings. The number of ether oxygens (including phenoxy) is 1. The van der Waals surface area contributed by atoms with Gasteiger partial charge in [-0.2, -0.15) is 0 Å². The second-order valence-corrected chi connectivity index (χ2v) is 5.54. The standard InChI is InChI=1S/C19H18N2O3/c1-12-9-10-16-18(13(12)2)19(20-15-7-5-4-6-8-15)24-17(21-16)11-23-14(3)22/h4-10H,11H2,1-3H3. The van der Waals surface area contributed by atoms with E-state index in [0.29, 0.717) is 11.4 Å². The molecule has 122 valence electrons. The van der Waals surface area contributed by atoms with Crippen molar-refractivity contribution in [3.8, 4) is 0 Å². The number of esters is 1. The molecular weight excluding hydrogens is 304 g/mol. The molecule has 5 nitrogen and oxygen atoms in total. The summed E-state index contributed by atoms with van der Waals surface area (Å²) in [5.74, 6) is -0.0654. The molecule has 0 saturated carbocycles. The highest BCUT2D eigenvalue weighted by atomic mass is 16.5. The molecular formula is C19H18N2O3. The van der Waals surface area contributed by atoms with Crippen molar-refractivity contribution in [1.82, 2.24) is 4.98 Å². The fraction of sp³-hybridized carbons (Fsp3) is 0.211. The summed E-state index contributed by atoms with van der Waals surface area (Å²) in [7, 11) is 0. The Bertz CT molecular complexity index is 960. The highest BCUT2D eigenvalue weighted by Crippen LogP contribution is 2.19. The second kappa shape index (κ2) is 6.66. The van der Waals surface area contributed by atoms with Crippen molar-refractivity contribution in [2.45, 2.75) is 27.4 Å². The van der Waals surface area contributed by atoms with E-state index in [9.17, 15) is 4.79 Å². The van der Waals surface area contributed by atoms with Gasteiger partial charge in [-0.1, -0.05) is 24.3 Å². The van der Waals surface area contributed by atoms with Crippen molar-refractivity contribution in [2.24, 2.45) is 4.99 Å². The van der Waals surface area contributed by atoms with Crippen LogP contribution in [0.1, 0.15) is 23.9 Å². The first kappa shape index (κ1) is 15.9. The first-order valence-electron chi connectivity index (χ1n) is 7.67.